The molecule has 0 spiro atoms. The molecule has 0 bridgehead atoms. The van der Waals surface area contributed by atoms with Crippen molar-refractivity contribution in [3.05, 3.63) is 95.6 Å². The van der Waals surface area contributed by atoms with Crippen molar-refractivity contribution in [3.63, 3.8) is 0 Å². The molecule has 0 saturated heterocycles. The summed E-state index contributed by atoms with van der Waals surface area (Å²) in [5.74, 6) is -1.54. The summed E-state index contributed by atoms with van der Waals surface area (Å²) in [7, 11) is 0. The summed E-state index contributed by atoms with van der Waals surface area (Å²) in [6.07, 6.45) is 8.82. The highest BCUT2D eigenvalue weighted by atomic mass is 16.6. The van der Waals surface area contributed by atoms with E-state index in [2.05, 4.69) is 6.58 Å². The van der Waals surface area contributed by atoms with Crippen LogP contribution in [0.5, 0.6) is 0 Å². The number of rotatable bonds is 9. The molecule has 8 heteroatoms. The number of hydrogen-bond donors (Lipinski definition) is 2. The summed E-state index contributed by atoms with van der Waals surface area (Å²) in [6, 6.07) is 12.2. The standard InChI is InChI=1S/C28H28N2O6/c1-18(2)27(32)35-14-13-34-26(31)12-5-19-3-6-20(7-4-19)21-8-10-25(11-9-21)36-28(33)22-15-23(29)17-24(30)16-22/h3-10,12,15-17,25H,1,11,13-14,29-30H2,2H3/b12-5+. The molecule has 2 aromatic rings. The highest BCUT2D eigenvalue weighted by Crippen LogP contribution is 2.24. The van der Waals surface area contributed by atoms with Crippen molar-refractivity contribution in [2.75, 3.05) is 24.7 Å². The second kappa shape index (κ2) is 12.2. The number of nitrogens with two attached hydrogens (primary N) is 2. The molecule has 4 N–H and O–H groups in total. The SMILES string of the molecule is C=C(C)C(=O)OCCOC(=O)/C=C/c1ccc(C2=CCC(OC(=O)c3cc(N)cc(N)c3)C=C2)cc1. The van der Waals surface area contributed by atoms with Gasteiger partial charge in [-0.05, 0) is 54.0 Å². The number of nitrogen functional groups attached to an aromatic ring is 2. The minimum absolute atomic E-state index is 0.0296. The number of allylic oxidation sites excluding steroid dienone is 2. The molecule has 186 valence electrons. The molecular weight excluding hydrogens is 460 g/mol. The molecule has 8 nitrogen and oxygen atoms in total. The van der Waals surface area contributed by atoms with Crippen LogP contribution in [-0.2, 0) is 23.8 Å². The maximum Gasteiger partial charge on any atom is 0.338 e. The molecule has 0 radical (unpaired) electrons. The van der Waals surface area contributed by atoms with Gasteiger partial charge in [-0.2, -0.15) is 0 Å². The molecule has 36 heavy (non-hydrogen) atoms. The third-order valence-corrected chi connectivity index (χ3v) is 5.10. The lowest BCUT2D eigenvalue weighted by Crippen LogP contribution is -2.17. The second-order valence-electron chi connectivity index (χ2n) is 8.13. The second-order valence-corrected chi connectivity index (χ2v) is 8.13. The van der Waals surface area contributed by atoms with Crippen LogP contribution in [0.4, 0.5) is 11.4 Å². The monoisotopic (exact) mass is 488 g/mol. The van der Waals surface area contributed by atoms with Crippen molar-refractivity contribution in [3.8, 4) is 0 Å². The lowest BCUT2D eigenvalue weighted by Gasteiger charge is -2.17. The third-order valence-electron chi connectivity index (χ3n) is 5.10. The number of carbonyl (C=O) groups excluding carboxylic acids is 3. The van der Waals surface area contributed by atoms with E-state index in [1.54, 1.807) is 12.1 Å². The average Bonchev–Trinajstić information content (AvgIpc) is 2.85. The fourth-order valence-corrected chi connectivity index (χ4v) is 3.30. The van der Waals surface area contributed by atoms with E-state index in [1.165, 1.54) is 25.1 Å². The Bertz CT molecular complexity index is 1220. The molecule has 0 fully saturated rings. The van der Waals surface area contributed by atoms with E-state index in [0.29, 0.717) is 23.4 Å². The number of carbonyl (C=O) groups is 3. The first kappa shape index (κ1) is 26.0. The Balaban J connectivity index is 1.47. The maximum atomic E-state index is 12.4. The van der Waals surface area contributed by atoms with Crippen molar-refractivity contribution >= 4 is 40.9 Å². The van der Waals surface area contributed by atoms with Crippen LogP contribution in [0.2, 0.25) is 0 Å². The summed E-state index contributed by atoms with van der Waals surface area (Å²) in [5, 5.41) is 0. The van der Waals surface area contributed by atoms with Crippen LogP contribution in [-0.4, -0.2) is 37.2 Å². The lowest BCUT2D eigenvalue weighted by atomic mass is 9.97. The quantitative estimate of drug-likeness (QED) is 0.177. The van der Waals surface area contributed by atoms with Crippen molar-refractivity contribution < 1.29 is 28.6 Å². The molecule has 1 unspecified atom stereocenters. The Morgan fingerprint density at radius 3 is 2.31 bits per heavy atom. The number of hydrogen-bond acceptors (Lipinski definition) is 8. The van der Waals surface area contributed by atoms with E-state index in [0.717, 1.165) is 16.7 Å². The number of anilines is 2. The van der Waals surface area contributed by atoms with Crippen LogP contribution in [0, 0.1) is 0 Å². The Morgan fingerprint density at radius 2 is 1.69 bits per heavy atom. The van der Waals surface area contributed by atoms with E-state index in [-0.39, 0.29) is 24.9 Å². The predicted molar refractivity (Wildman–Crippen MR) is 138 cm³/mol. The van der Waals surface area contributed by atoms with Crippen LogP contribution < -0.4 is 11.5 Å². The Labute approximate surface area is 209 Å². The minimum Gasteiger partial charge on any atom is -0.459 e. The van der Waals surface area contributed by atoms with Gasteiger partial charge in [0.05, 0.1) is 5.56 Å². The average molecular weight is 489 g/mol. The van der Waals surface area contributed by atoms with Gasteiger partial charge in [0.2, 0.25) is 0 Å². The minimum atomic E-state index is -0.537. The lowest BCUT2D eigenvalue weighted by molar-refractivity contribution is -0.146. The Kier molecular flexibility index (Phi) is 8.83. The highest BCUT2D eigenvalue weighted by molar-refractivity contribution is 5.92. The zero-order valence-corrected chi connectivity index (χ0v) is 19.9. The molecule has 2 aromatic carbocycles. The summed E-state index contributed by atoms with van der Waals surface area (Å²) in [6.45, 7) is 4.95. The highest BCUT2D eigenvalue weighted by Gasteiger charge is 2.17. The van der Waals surface area contributed by atoms with Crippen molar-refractivity contribution in [1.29, 1.82) is 0 Å². The molecule has 3 rings (SSSR count). The van der Waals surface area contributed by atoms with Crippen LogP contribution in [0.1, 0.15) is 34.8 Å². The van der Waals surface area contributed by atoms with Crippen LogP contribution >= 0.6 is 0 Å². The smallest absolute Gasteiger partial charge is 0.338 e. The molecule has 1 aliphatic carbocycles. The summed E-state index contributed by atoms with van der Waals surface area (Å²) < 4.78 is 15.4. The van der Waals surface area contributed by atoms with Gasteiger partial charge in [0.15, 0.2) is 0 Å². The van der Waals surface area contributed by atoms with Gasteiger partial charge in [-0.25, -0.2) is 14.4 Å². The first-order valence-electron chi connectivity index (χ1n) is 11.2. The first-order valence-corrected chi connectivity index (χ1v) is 11.2. The van der Waals surface area contributed by atoms with Gasteiger partial charge in [-0.3, -0.25) is 0 Å². The van der Waals surface area contributed by atoms with E-state index in [4.69, 9.17) is 25.7 Å². The largest absolute Gasteiger partial charge is 0.459 e. The fraction of sp³-hybridized carbons (Fsp3) is 0.179. The van der Waals surface area contributed by atoms with E-state index < -0.39 is 17.9 Å². The van der Waals surface area contributed by atoms with Crippen molar-refractivity contribution in [2.45, 2.75) is 19.4 Å². The maximum absolute atomic E-state index is 12.4. The molecule has 0 aromatic heterocycles. The Morgan fingerprint density at radius 1 is 1.03 bits per heavy atom. The number of ether oxygens (including phenoxy) is 3. The van der Waals surface area contributed by atoms with Gasteiger partial charge in [0, 0.05) is 29.4 Å². The molecule has 1 aliphatic rings. The van der Waals surface area contributed by atoms with Gasteiger partial charge in [-0.1, -0.05) is 43.0 Å². The van der Waals surface area contributed by atoms with Gasteiger partial charge in [0.1, 0.15) is 19.3 Å². The van der Waals surface area contributed by atoms with Crippen molar-refractivity contribution in [1.82, 2.24) is 0 Å². The van der Waals surface area contributed by atoms with Gasteiger partial charge in [-0.15, -0.1) is 0 Å². The molecule has 0 heterocycles. The Hall–Kier alpha value is -4.59. The van der Waals surface area contributed by atoms with Crippen LogP contribution in [0.3, 0.4) is 0 Å². The van der Waals surface area contributed by atoms with E-state index >= 15 is 0 Å². The molecule has 1 atom stereocenters. The summed E-state index contributed by atoms with van der Waals surface area (Å²) >= 11 is 0. The predicted octanol–water partition coefficient (Wildman–Crippen LogP) is 4.10. The van der Waals surface area contributed by atoms with E-state index in [9.17, 15) is 14.4 Å². The normalized spacial score (nSPS) is 14.7. The molecule has 0 amide bonds. The van der Waals surface area contributed by atoms with Gasteiger partial charge in [0.25, 0.3) is 0 Å². The van der Waals surface area contributed by atoms with Gasteiger partial charge >= 0.3 is 17.9 Å². The molecule has 0 saturated carbocycles. The topological polar surface area (TPSA) is 131 Å². The summed E-state index contributed by atoms with van der Waals surface area (Å²) in [5.41, 5.74) is 15.7. The fourth-order valence-electron chi connectivity index (χ4n) is 3.30. The van der Waals surface area contributed by atoms with E-state index in [1.807, 2.05) is 42.5 Å². The van der Waals surface area contributed by atoms with Crippen LogP contribution in [0.25, 0.3) is 11.6 Å². The van der Waals surface area contributed by atoms with Gasteiger partial charge < -0.3 is 25.7 Å². The number of benzene rings is 2. The molecular formula is C28H28N2O6. The zero-order valence-electron chi connectivity index (χ0n) is 19.9. The van der Waals surface area contributed by atoms with Crippen molar-refractivity contribution in [2.24, 2.45) is 0 Å². The molecule has 0 aliphatic heterocycles. The first-order chi connectivity index (χ1) is 17.2. The third kappa shape index (κ3) is 7.73. The zero-order chi connectivity index (χ0) is 26.1. The number of esters is 3. The summed E-state index contributed by atoms with van der Waals surface area (Å²) in [4.78, 5) is 35.5. The van der Waals surface area contributed by atoms with Crippen LogP contribution in [0.15, 0.2) is 78.9 Å².